The van der Waals surface area contributed by atoms with Gasteiger partial charge < -0.3 is 10.5 Å². The van der Waals surface area contributed by atoms with Crippen LogP contribution in [0.1, 0.15) is 11.1 Å². The van der Waals surface area contributed by atoms with Gasteiger partial charge in [0.05, 0.1) is 12.7 Å². The van der Waals surface area contributed by atoms with E-state index in [1.165, 1.54) is 19.3 Å². The van der Waals surface area contributed by atoms with Gasteiger partial charge in [-0.1, -0.05) is 6.07 Å². The van der Waals surface area contributed by atoms with Gasteiger partial charge in [-0.15, -0.1) is 0 Å². The van der Waals surface area contributed by atoms with Crippen LogP contribution in [0.25, 0.3) is 6.08 Å². The molecule has 0 saturated carbocycles. The lowest BCUT2D eigenvalue weighted by Gasteiger charge is -2.03. The number of rotatable bonds is 3. The minimum atomic E-state index is -0.804. The summed E-state index contributed by atoms with van der Waals surface area (Å²) in [5.41, 5.74) is 5.70. The van der Waals surface area contributed by atoms with Crippen LogP contribution in [0.15, 0.2) is 23.8 Å². The van der Waals surface area contributed by atoms with Gasteiger partial charge in [0.15, 0.2) is 0 Å². The fourth-order valence-corrected chi connectivity index (χ4v) is 1.23. The monoisotopic (exact) mass is 227 g/mol. The third-order valence-corrected chi connectivity index (χ3v) is 2.04. The molecule has 0 fully saturated rings. The van der Waals surface area contributed by atoms with Gasteiger partial charge in [-0.25, -0.2) is 0 Å². The maximum atomic E-state index is 10.9. The van der Waals surface area contributed by atoms with Crippen molar-refractivity contribution in [3.8, 4) is 17.9 Å². The lowest BCUT2D eigenvalue weighted by molar-refractivity contribution is -0.114. The molecule has 0 aromatic heterocycles. The van der Waals surface area contributed by atoms with Crippen molar-refractivity contribution in [2.45, 2.75) is 0 Å². The molecule has 0 saturated heterocycles. The van der Waals surface area contributed by atoms with Crippen LogP contribution in [0.5, 0.6) is 5.75 Å². The molecule has 17 heavy (non-hydrogen) atoms. The van der Waals surface area contributed by atoms with E-state index in [2.05, 4.69) is 0 Å². The predicted octanol–water partition coefficient (Wildman–Crippen LogP) is 0.959. The van der Waals surface area contributed by atoms with Gasteiger partial charge in [-0.3, -0.25) is 4.79 Å². The van der Waals surface area contributed by atoms with E-state index in [0.29, 0.717) is 16.9 Å². The molecule has 0 aliphatic heterocycles. The van der Waals surface area contributed by atoms with Crippen LogP contribution < -0.4 is 10.5 Å². The summed E-state index contributed by atoms with van der Waals surface area (Å²) in [6.45, 7) is 0. The second kappa shape index (κ2) is 5.34. The van der Waals surface area contributed by atoms with Crippen LogP contribution in [-0.4, -0.2) is 13.0 Å². The Bertz CT molecular complexity index is 562. The van der Waals surface area contributed by atoms with E-state index in [-0.39, 0.29) is 5.57 Å². The average molecular weight is 227 g/mol. The van der Waals surface area contributed by atoms with E-state index < -0.39 is 5.91 Å². The molecule has 0 heterocycles. The summed E-state index contributed by atoms with van der Waals surface area (Å²) < 4.78 is 4.97. The number of benzene rings is 1. The number of methoxy groups -OCH3 is 1. The number of nitrogens with two attached hydrogens (primary N) is 1. The van der Waals surface area contributed by atoms with Crippen molar-refractivity contribution in [1.82, 2.24) is 0 Å². The SMILES string of the molecule is COc1ccc(/C=C(/C#N)C(N)=O)cc1C#N. The highest BCUT2D eigenvalue weighted by Gasteiger charge is 2.06. The van der Waals surface area contributed by atoms with Gasteiger partial charge in [-0.2, -0.15) is 10.5 Å². The molecular formula is C12H9N3O2. The first kappa shape index (κ1) is 12.3. The number of nitriles is 2. The van der Waals surface area contributed by atoms with Crippen LogP contribution in [0, 0.1) is 22.7 Å². The highest BCUT2D eigenvalue weighted by molar-refractivity contribution is 6.00. The Kier molecular flexibility index (Phi) is 3.86. The molecule has 0 aliphatic carbocycles. The second-order valence-electron chi connectivity index (χ2n) is 3.11. The van der Waals surface area contributed by atoms with E-state index in [1.54, 1.807) is 18.2 Å². The Morgan fingerprint density at radius 3 is 2.65 bits per heavy atom. The topological polar surface area (TPSA) is 99.9 Å². The maximum Gasteiger partial charge on any atom is 0.259 e. The highest BCUT2D eigenvalue weighted by atomic mass is 16.5. The Hall–Kier alpha value is -2.79. The Morgan fingerprint density at radius 1 is 1.47 bits per heavy atom. The minimum absolute atomic E-state index is 0.168. The number of ether oxygens (including phenoxy) is 1. The Labute approximate surface area is 98.3 Å². The number of carbonyl (C=O) groups excluding carboxylic acids is 1. The zero-order chi connectivity index (χ0) is 12.8. The van der Waals surface area contributed by atoms with Crippen molar-refractivity contribution in [2.24, 2.45) is 5.73 Å². The van der Waals surface area contributed by atoms with Crippen molar-refractivity contribution in [1.29, 1.82) is 10.5 Å². The Morgan fingerprint density at radius 2 is 2.18 bits per heavy atom. The number of amides is 1. The third kappa shape index (κ3) is 2.83. The summed E-state index contributed by atoms with van der Waals surface area (Å²) in [5, 5.41) is 17.5. The fourth-order valence-electron chi connectivity index (χ4n) is 1.23. The van der Waals surface area contributed by atoms with Crippen LogP contribution in [0.4, 0.5) is 0 Å². The smallest absolute Gasteiger partial charge is 0.259 e. The average Bonchev–Trinajstić information content (AvgIpc) is 2.35. The lowest BCUT2D eigenvalue weighted by Crippen LogP contribution is -2.12. The molecule has 0 radical (unpaired) electrons. The highest BCUT2D eigenvalue weighted by Crippen LogP contribution is 2.20. The van der Waals surface area contributed by atoms with Crippen molar-refractivity contribution < 1.29 is 9.53 Å². The zero-order valence-corrected chi connectivity index (χ0v) is 9.10. The van der Waals surface area contributed by atoms with Gasteiger partial charge in [0.25, 0.3) is 5.91 Å². The standard InChI is InChI=1S/C12H9N3O2/c1-17-11-3-2-8(4-9(11)6-13)5-10(7-14)12(15)16/h2-5H,1H3,(H2,15,16)/b10-5-. The van der Waals surface area contributed by atoms with Gasteiger partial charge in [-0.05, 0) is 23.8 Å². The molecule has 0 bridgehead atoms. The zero-order valence-electron chi connectivity index (χ0n) is 9.10. The number of hydrogen-bond acceptors (Lipinski definition) is 4. The molecule has 84 valence electrons. The van der Waals surface area contributed by atoms with E-state index in [0.717, 1.165) is 0 Å². The molecule has 1 aromatic carbocycles. The summed E-state index contributed by atoms with van der Waals surface area (Å²) in [4.78, 5) is 10.9. The number of hydrogen-bond donors (Lipinski definition) is 1. The quantitative estimate of drug-likeness (QED) is 0.613. The van der Waals surface area contributed by atoms with E-state index in [9.17, 15) is 4.79 Å². The molecule has 2 N–H and O–H groups in total. The molecule has 5 heteroatoms. The molecule has 1 rings (SSSR count). The first-order chi connectivity index (χ1) is 8.12. The third-order valence-electron chi connectivity index (χ3n) is 2.04. The predicted molar refractivity (Wildman–Crippen MR) is 60.5 cm³/mol. The lowest BCUT2D eigenvalue weighted by atomic mass is 10.1. The van der Waals surface area contributed by atoms with E-state index >= 15 is 0 Å². The summed E-state index contributed by atoms with van der Waals surface area (Å²) in [7, 11) is 1.45. The van der Waals surface area contributed by atoms with Gasteiger partial charge in [0, 0.05) is 0 Å². The van der Waals surface area contributed by atoms with E-state index in [4.69, 9.17) is 21.0 Å². The maximum absolute atomic E-state index is 10.9. The number of nitrogens with zero attached hydrogens (tertiary/aromatic N) is 2. The van der Waals surface area contributed by atoms with Gasteiger partial charge >= 0.3 is 0 Å². The summed E-state index contributed by atoms with van der Waals surface area (Å²) in [5.74, 6) is -0.371. The van der Waals surface area contributed by atoms with Crippen molar-refractivity contribution in [2.75, 3.05) is 7.11 Å². The van der Waals surface area contributed by atoms with Crippen LogP contribution in [0.3, 0.4) is 0 Å². The van der Waals surface area contributed by atoms with Crippen molar-refractivity contribution in [3.05, 3.63) is 34.9 Å². The van der Waals surface area contributed by atoms with Crippen molar-refractivity contribution >= 4 is 12.0 Å². The fraction of sp³-hybridized carbons (Fsp3) is 0.0833. The van der Waals surface area contributed by atoms with Crippen LogP contribution >= 0.6 is 0 Å². The summed E-state index contributed by atoms with van der Waals surface area (Å²) in [6, 6.07) is 8.36. The minimum Gasteiger partial charge on any atom is -0.495 e. The molecule has 1 aromatic rings. The summed E-state index contributed by atoms with van der Waals surface area (Å²) in [6.07, 6.45) is 1.32. The summed E-state index contributed by atoms with van der Waals surface area (Å²) >= 11 is 0. The van der Waals surface area contributed by atoms with Gasteiger partial charge in [0.1, 0.15) is 23.5 Å². The van der Waals surface area contributed by atoms with Crippen LogP contribution in [0.2, 0.25) is 0 Å². The van der Waals surface area contributed by atoms with Gasteiger partial charge in [0.2, 0.25) is 0 Å². The molecule has 5 nitrogen and oxygen atoms in total. The molecule has 0 spiro atoms. The molecule has 1 amide bonds. The Balaban J connectivity index is 3.23. The van der Waals surface area contributed by atoms with Crippen molar-refractivity contribution in [3.63, 3.8) is 0 Å². The molecule has 0 aliphatic rings. The number of primary amides is 1. The van der Waals surface area contributed by atoms with E-state index in [1.807, 2.05) is 6.07 Å². The molecule has 0 atom stereocenters. The van der Waals surface area contributed by atoms with Crippen LogP contribution in [-0.2, 0) is 4.79 Å². The molecular weight excluding hydrogens is 218 g/mol. The first-order valence-corrected chi connectivity index (χ1v) is 4.62. The normalized spacial score (nSPS) is 10.2. The first-order valence-electron chi connectivity index (χ1n) is 4.62. The second-order valence-corrected chi connectivity index (χ2v) is 3.11. The largest absolute Gasteiger partial charge is 0.495 e. The number of carbonyl (C=O) groups is 1. The molecule has 0 unspecified atom stereocenters.